The molecule has 0 saturated heterocycles. The third-order valence-corrected chi connectivity index (χ3v) is 3.73. The molecular formula is C13H10F2N4O2S. The van der Waals surface area contributed by atoms with Gasteiger partial charge in [-0.3, -0.25) is 14.5 Å². The first-order valence-corrected chi connectivity index (χ1v) is 7.15. The first-order chi connectivity index (χ1) is 10.5. The van der Waals surface area contributed by atoms with Crippen molar-refractivity contribution in [1.82, 2.24) is 4.98 Å². The normalized spacial score (nSPS) is 13.5. The van der Waals surface area contributed by atoms with Crippen LogP contribution in [-0.2, 0) is 9.59 Å². The second kappa shape index (κ2) is 5.68. The highest BCUT2D eigenvalue weighted by atomic mass is 32.1. The van der Waals surface area contributed by atoms with Crippen molar-refractivity contribution in [2.24, 2.45) is 0 Å². The standard InChI is InChI=1S/C13H10F2N4O2S/c14-7-3-9-10(4-8(7)15)19(12(21)5-17-9)6-11(20)18-13-16-1-2-22-13/h1-4,17H,5-6H2,(H,16,18,20). The Balaban J connectivity index is 1.83. The van der Waals surface area contributed by atoms with Gasteiger partial charge >= 0.3 is 0 Å². The molecule has 2 aromatic rings. The Kier molecular flexibility index (Phi) is 3.72. The van der Waals surface area contributed by atoms with Crippen molar-refractivity contribution < 1.29 is 18.4 Å². The largest absolute Gasteiger partial charge is 0.374 e. The second-order valence-electron chi connectivity index (χ2n) is 4.50. The van der Waals surface area contributed by atoms with Gasteiger partial charge in [-0.05, 0) is 0 Å². The lowest BCUT2D eigenvalue weighted by atomic mass is 10.1. The first-order valence-electron chi connectivity index (χ1n) is 6.27. The number of nitrogens with zero attached hydrogens (tertiary/aromatic N) is 2. The Morgan fingerprint density at radius 2 is 2.18 bits per heavy atom. The minimum atomic E-state index is -1.08. The highest BCUT2D eigenvalue weighted by molar-refractivity contribution is 7.13. The van der Waals surface area contributed by atoms with Crippen LogP contribution in [0.5, 0.6) is 0 Å². The molecule has 2 N–H and O–H groups in total. The van der Waals surface area contributed by atoms with Crippen LogP contribution in [0.15, 0.2) is 23.7 Å². The van der Waals surface area contributed by atoms with Gasteiger partial charge in [0, 0.05) is 23.7 Å². The van der Waals surface area contributed by atoms with Gasteiger partial charge in [0.1, 0.15) is 6.54 Å². The Labute approximate surface area is 127 Å². The third kappa shape index (κ3) is 2.75. The molecule has 22 heavy (non-hydrogen) atoms. The van der Waals surface area contributed by atoms with Gasteiger partial charge in [0.25, 0.3) is 0 Å². The Morgan fingerprint density at radius 1 is 1.41 bits per heavy atom. The van der Waals surface area contributed by atoms with Gasteiger partial charge in [0.05, 0.1) is 17.9 Å². The zero-order valence-electron chi connectivity index (χ0n) is 11.1. The SMILES string of the molecule is O=C(CN1C(=O)CNc2cc(F)c(F)cc21)Nc1nccs1. The summed E-state index contributed by atoms with van der Waals surface area (Å²) >= 11 is 1.24. The number of benzene rings is 1. The number of thiazole rings is 1. The number of fused-ring (bicyclic) bond motifs is 1. The molecule has 0 saturated carbocycles. The van der Waals surface area contributed by atoms with Gasteiger partial charge in [-0.2, -0.15) is 0 Å². The topological polar surface area (TPSA) is 74.3 Å². The molecule has 0 spiro atoms. The van der Waals surface area contributed by atoms with Gasteiger partial charge in [-0.1, -0.05) is 0 Å². The molecule has 0 fully saturated rings. The second-order valence-corrected chi connectivity index (χ2v) is 5.40. The van der Waals surface area contributed by atoms with E-state index in [0.29, 0.717) is 5.13 Å². The summed E-state index contributed by atoms with van der Waals surface area (Å²) in [6, 6.07) is 1.86. The minimum absolute atomic E-state index is 0.0946. The Bertz CT molecular complexity index is 736. The number of rotatable bonds is 3. The van der Waals surface area contributed by atoms with Crippen LogP contribution < -0.4 is 15.5 Å². The number of amides is 2. The zero-order valence-corrected chi connectivity index (χ0v) is 11.9. The minimum Gasteiger partial charge on any atom is -0.374 e. The van der Waals surface area contributed by atoms with E-state index in [4.69, 9.17) is 0 Å². The zero-order chi connectivity index (χ0) is 15.7. The summed E-state index contributed by atoms with van der Waals surface area (Å²) < 4.78 is 26.6. The number of nitrogens with one attached hydrogen (secondary N) is 2. The molecule has 1 aliphatic heterocycles. The predicted molar refractivity (Wildman–Crippen MR) is 77.9 cm³/mol. The monoisotopic (exact) mass is 324 g/mol. The van der Waals surface area contributed by atoms with Crippen LogP contribution in [-0.4, -0.2) is 29.9 Å². The van der Waals surface area contributed by atoms with Crippen molar-refractivity contribution in [2.75, 3.05) is 28.6 Å². The van der Waals surface area contributed by atoms with E-state index >= 15 is 0 Å². The van der Waals surface area contributed by atoms with Crippen LogP contribution >= 0.6 is 11.3 Å². The number of carbonyl (C=O) groups is 2. The number of carbonyl (C=O) groups excluding carboxylic acids is 2. The highest BCUT2D eigenvalue weighted by Crippen LogP contribution is 2.31. The molecule has 0 aliphatic carbocycles. The molecule has 1 aromatic heterocycles. The van der Waals surface area contributed by atoms with Crippen LogP contribution in [0.4, 0.5) is 25.3 Å². The molecule has 0 atom stereocenters. The maximum absolute atomic E-state index is 13.4. The molecule has 0 radical (unpaired) electrons. The van der Waals surface area contributed by atoms with Crippen LogP contribution in [0.3, 0.4) is 0 Å². The Morgan fingerprint density at radius 3 is 2.91 bits per heavy atom. The summed E-state index contributed by atoms with van der Waals surface area (Å²) in [5.41, 5.74) is 0.394. The van der Waals surface area contributed by atoms with E-state index in [-0.39, 0.29) is 24.5 Å². The maximum atomic E-state index is 13.4. The van der Waals surface area contributed by atoms with Gasteiger partial charge in [0.15, 0.2) is 16.8 Å². The van der Waals surface area contributed by atoms with Crippen molar-refractivity contribution in [3.8, 4) is 0 Å². The molecule has 0 bridgehead atoms. The third-order valence-electron chi connectivity index (χ3n) is 3.04. The fraction of sp³-hybridized carbons (Fsp3) is 0.154. The molecule has 9 heteroatoms. The number of halogens is 2. The van der Waals surface area contributed by atoms with Crippen molar-refractivity contribution in [3.63, 3.8) is 0 Å². The lowest BCUT2D eigenvalue weighted by molar-refractivity contribution is -0.120. The van der Waals surface area contributed by atoms with E-state index < -0.39 is 23.4 Å². The molecule has 0 unspecified atom stereocenters. The van der Waals surface area contributed by atoms with Gasteiger partial charge in [0.2, 0.25) is 11.8 Å². The lowest BCUT2D eigenvalue weighted by Crippen LogP contribution is -2.44. The number of hydrogen-bond acceptors (Lipinski definition) is 5. The average molecular weight is 324 g/mol. The highest BCUT2D eigenvalue weighted by Gasteiger charge is 2.27. The van der Waals surface area contributed by atoms with Gasteiger partial charge < -0.3 is 10.6 Å². The van der Waals surface area contributed by atoms with E-state index in [0.717, 1.165) is 17.0 Å². The summed E-state index contributed by atoms with van der Waals surface area (Å²) in [6.45, 7) is -0.402. The fourth-order valence-corrected chi connectivity index (χ4v) is 2.61. The molecule has 2 amide bonds. The summed E-state index contributed by atoms with van der Waals surface area (Å²) in [7, 11) is 0. The lowest BCUT2D eigenvalue weighted by Gasteiger charge is -2.29. The molecular weight excluding hydrogens is 314 g/mol. The van der Waals surface area contributed by atoms with E-state index in [1.54, 1.807) is 5.38 Å². The summed E-state index contributed by atoms with van der Waals surface area (Å²) in [5, 5.41) is 7.32. The van der Waals surface area contributed by atoms with E-state index in [2.05, 4.69) is 15.6 Å². The quantitative estimate of drug-likeness (QED) is 0.903. The number of aromatic nitrogens is 1. The van der Waals surface area contributed by atoms with Gasteiger partial charge in [-0.15, -0.1) is 11.3 Å². The summed E-state index contributed by atoms with van der Waals surface area (Å²) in [6.07, 6.45) is 1.53. The molecule has 114 valence electrons. The molecule has 2 heterocycles. The van der Waals surface area contributed by atoms with E-state index in [9.17, 15) is 18.4 Å². The van der Waals surface area contributed by atoms with Crippen molar-refractivity contribution >= 4 is 39.7 Å². The predicted octanol–water partition coefficient (Wildman–Crippen LogP) is 1.82. The number of hydrogen-bond donors (Lipinski definition) is 2. The van der Waals surface area contributed by atoms with Gasteiger partial charge in [-0.25, -0.2) is 13.8 Å². The van der Waals surface area contributed by atoms with Crippen molar-refractivity contribution in [3.05, 3.63) is 35.3 Å². The fourth-order valence-electron chi connectivity index (χ4n) is 2.06. The molecule has 6 nitrogen and oxygen atoms in total. The van der Waals surface area contributed by atoms with Crippen molar-refractivity contribution in [2.45, 2.75) is 0 Å². The molecule has 3 rings (SSSR count). The molecule has 1 aliphatic rings. The van der Waals surface area contributed by atoms with Crippen LogP contribution in [0.25, 0.3) is 0 Å². The van der Waals surface area contributed by atoms with E-state index in [1.807, 2.05) is 0 Å². The van der Waals surface area contributed by atoms with Crippen LogP contribution in [0.1, 0.15) is 0 Å². The Hall–Kier alpha value is -2.55. The van der Waals surface area contributed by atoms with Crippen molar-refractivity contribution in [1.29, 1.82) is 0 Å². The van der Waals surface area contributed by atoms with Crippen LogP contribution in [0.2, 0.25) is 0 Å². The first kappa shape index (κ1) is 14.4. The summed E-state index contributed by atoms with van der Waals surface area (Å²) in [5.74, 6) is -2.98. The number of anilines is 3. The summed E-state index contributed by atoms with van der Waals surface area (Å²) in [4.78, 5) is 28.9. The molecule has 1 aromatic carbocycles. The maximum Gasteiger partial charge on any atom is 0.246 e. The smallest absolute Gasteiger partial charge is 0.246 e. The van der Waals surface area contributed by atoms with Crippen LogP contribution in [0, 0.1) is 11.6 Å². The van der Waals surface area contributed by atoms with E-state index in [1.165, 1.54) is 17.5 Å². The average Bonchev–Trinajstić information content (AvgIpc) is 2.97.